The molecule has 4 heteroatoms. The van der Waals surface area contributed by atoms with E-state index in [2.05, 4.69) is 34.8 Å². The number of rotatable bonds is 5. The molecule has 20 heavy (non-hydrogen) atoms. The van der Waals surface area contributed by atoms with E-state index in [0.29, 0.717) is 12.0 Å². The van der Waals surface area contributed by atoms with Crippen LogP contribution in [-0.4, -0.2) is 21.1 Å². The fraction of sp³-hybridized carbons (Fsp3) is 0.750. The van der Waals surface area contributed by atoms with E-state index >= 15 is 0 Å². The van der Waals surface area contributed by atoms with Crippen molar-refractivity contribution in [1.82, 2.24) is 14.9 Å². The van der Waals surface area contributed by atoms with Crippen LogP contribution in [0.2, 0.25) is 0 Å². The van der Waals surface area contributed by atoms with Gasteiger partial charge in [0, 0.05) is 18.3 Å². The molecule has 2 atom stereocenters. The Kier molecular flexibility index (Phi) is 3.55. The van der Waals surface area contributed by atoms with Crippen molar-refractivity contribution in [3.05, 3.63) is 17.7 Å². The lowest BCUT2D eigenvalue weighted by Gasteiger charge is -2.30. The minimum Gasteiger partial charge on any atom is -0.335 e. The fourth-order valence-electron chi connectivity index (χ4n) is 3.49. The Labute approximate surface area is 121 Å². The van der Waals surface area contributed by atoms with Crippen LogP contribution in [0.1, 0.15) is 49.9 Å². The summed E-state index contributed by atoms with van der Waals surface area (Å²) in [5, 5.41) is 13.3. The van der Waals surface area contributed by atoms with Gasteiger partial charge in [-0.15, -0.1) is 0 Å². The first-order valence-corrected chi connectivity index (χ1v) is 7.82. The van der Waals surface area contributed by atoms with E-state index in [-0.39, 0.29) is 5.54 Å². The van der Waals surface area contributed by atoms with Crippen molar-refractivity contribution < 1.29 is 0 Å². The van der Waals surface area contributed by atoms with Crippen LogP contribution in [0.25, 0.3) is 0 Å². The van der Waals surface area contributed by atoms with Gasteiger partial charge in [-0.3, -0.25) is 5.32 Å². The zero-order chi connectivity index (χ0) is 14.2. The number of nitriles is 1. The highest BCUT2D eigenvalue weighted by Crippen LogP contribution is 2.40. The second kappa shape index (κ2) is 5.21. The summed E-state index contributed by atoms with van der Waals surface area (Å²) in [5.41, 5.74) is 2.10. The van der Waals surface area contributed by atoms with Gasteiger partial charge in [-0.1, -0.05) is 6.42 Å². The fourth-order valence-corrected chi connectivity index (χ4v) is 3.49. The smallest absolute Gasteiger partial charge is 0.109 e. The van der Waals surface area contributed by atoms with Crippen molar-refractivity contribution in [2.24, 2.45) is 5.92 Å². The maximum atomic E-state index is 9.69. The van der Waals surface area contributed by atoms with Crippen LogP contribution in [-0.2, 0) is 6.54 Å². The SMILES string of the molecule is Cc1ncn(CCC2CCCC2(C#N)NC2CC2)c1C. The van der Waals surface area contributed by atoms with Gasteiger partial charge >= 0.3 is 0 Å². The minimum absolute atomic E-state index is 0.259. The van der Waals surface area contributed by atoms with E-state index in [1.807, 2.05) is 6.33 Å². The molecule has 0 aliphatic heterocycles. The lowest BCUT2D eigenvalue weighted by Crippen LogP contribution is -2.48. The predicted octanol–water partition coefficient (Wildman–Crippen LogP) is 2.70. The molecule has 3 rings (SSSR count). The number of hydrogen-bond donors (Lipinski definition) is 1. The third-order valence-electron chi connectivity index (χ3n) is 5.12. The second-order valence-corrected chi connectivity index (χ2v) is 6.49. The van der Waals surface area contributed by atoms with Crippen LogP contribution in [0, 0.1) is 31.1 Å². The predicted molar refractivity (Wildman–Crippen MR) is 78.2 cm³/mol. The summed E-state index contributed by atoms with van der Waals surface area (Å²) in [4.78, 5) is 4.36. The molecule has 1 aromatic heterocycles. The summed E-state index contributed by atoms with van der Waals surface area (Å²) in [7, 11) is 0. The number of hydrogen-bond acceptors (Lipinski definition) is 3. The van der Waals surface area contributed by atoms with E-state index in [4.69, 9.17) is 0 Å². The largest absolute Gasteiger partial charge is 0.335 e. The Balaban J connectivity index is 1.66. The minimum atomic E-state index is -0.259. The quantitative estimate of drug-likeness (QED) is 0.896. The van der Waals surface area contributed by atoms with E-state index in [1.165, 1.54) is 31.4 Å². The molecule has 2 unspecified atom stereocenters. The van der Waals surface area contributed by atoms with Crippen molar-refractivity contribution in [3.8, 4) is 6.07 Å². The molecule has 0 radical (unpaired) electrons. The normalized spacial score (nSPS) is 29.6. The van der Waals surface area contributed by atoms with E-state index in [9.17, 15) is 5.26 Å². The summed E-state index contributed by atoms with van der Waals surface area (Å²) >= 11 is 0. The lowest BCUT2D eigenvalue weighted by molar-refractivity contribution is 0.287. The molecule has 2 aliphatic carbocycles. The van der Waals surface area contributed by atoms with Gasteiger partial charge in [0.25, 0.3) is 0 Å². The van der Waals surface area contributed by atoms with Gasteiger partial charge in [-0.05, 0) is 51.9 Å². The molecule has 0 bridgehead atoms. The van der Waals surface area contributed by atoms with Crippen molar-refractivity contribution in [3.63, 3.8) is 0 Å². The average molecular weight is 272 g/mol. The highest BCUT2D eigenvalue weighted by molar-refractivity contribution is 5.16. The number of nitrogens with zero attached hydrogens (tertiary/aromatic N) is 3. The van der Waals surface area contributed by atoms with Crippen molar-refractivity contribution in [2.45, 2.75) is 70.5 Å². The van der Waals surface area contributed by atoms with Gasteiger partial charge in [-0.25, -0.2) is 4.98 Å². The molecule has 0 aromatic carbocycles. The van der Waals surface area contributed by atoms with Crippen molar-refractivity contribution in [1.29, 1.82) is 5.26 Å². The summed E-state index contributed by atoms with van der Waals surface area (Å²) in [6, 6.07) is 3.22. The highest BCUT2D eigenvalue weighted by atomic mass is 15.1. The molecule has 0 amide bonds. The number of aromatic nitrogens is 2. The van der Waals surface area contributed by atoms with Gasteiger partial charge < -0.3 is 4.57 Å². The van der Waals surface area contributed by atoms with Crippen LogP contribution >= 0.6 is 0 Å². The molecular weight excluding hydrogens is 248 g/mol. The molecule has 2 aliphatic rings. The monoisotopic (exact) mass is 272 g/mol. The molecule has 0 spiro atoms. The van der Waals surface area contributed by atoms with Crippen LogP contribution in [0.4, 0.5) is 0 Å². The first-order chi connectivity index (χ1) is 9.64. The Morgan fingerprint density at radius 3 is 2.85 bits per heavy atom. The topological polar surface area (TPSA) is 53.6 Å². The number of nitrogens with one attached hydrogen (secondary N) is 1. The third kappa shape index (κ3) is 2.47. The van der Waals surface area contributed by atoms with Gasteiger partial charge in [0.1, 0.15) is 5.54 Å². The molecular formula is C16H24N4. The average Bonchev–Trinajstić information content (AvgIpc) is 3.09. The maximum absolute atomic E-state index is 9.69. The Hall–Kier alpha value is -1.34. The van der Waals surface area contributed by atoms with Crippen LogP contribution in [0.5, 0.6) is 0 Å². The summed E-state index contributed by atoms with van der Waals surface area (Å²) in [5.74, 6) is 0.482. The Morgan fingerprint density at radius 1 is 1.45 bits per heavy atom. The zero-order valence-electron chi connectivity index (χ0n) is 12.5. The highest BCUT2D eigenvalue weighted by Gasteiger charge is 2.45. The summed E-state index contributed by atoms with van der Waals surface area (Å²) in [6.45, 7) is 5.15. The zero-order valence-corrected chi connectivity index (χ0v) is 12.5. The molecule has 0 saturated heterocycles. The molecule has 2 saturated carbocycles. The first-order valence-electron chi connectivity index (χ1n) is 7.82. The standard InChI is InChI=1S/C16H24N4/c1-12-13(2)20(11-18-12)9-7-14-4-3-8-16(14,10-17)19-15-5-6-15/h11,14-15,19H,3-9H2,1-2H3. The number of imidazole rings is 1. The van der Waals surface area contributed by atoms with E-state index < -0.39 is 0 Å². The van der Waals surface area contributed by atoms with Crippen LogP contribution < -0.4 is 5.32 Å². The Morgan fingerprint density at radius 2 is 2.25 bits per heavy atom. The second-order valence-electron chi connectivity index (χ2n) is 6.49. The Bertz CT molecular complexity index is 523. The molecule has 1 aromatic rings. The van der Waals surface area contributed by atoms with E-state index in [1.54, 1.807) is 0 Å². The number of aryl methyl sites for hydroxylation is 2. The lowest BCUT2D eigenvalue weighted by atomic mass is 9.85. The molecule has 4 nitrogen and oxygen atoms in total. The maximum Gasteiger partial charge on any atom is 0.109 e. The molecule has 108 valence electrons. The third-order valence-corrected chi connectivity index (χ3v) is 5.12. The molecule has 1 N–H and O–H groups in total. The van der Waals surface area contributed by atoms with Crippen molar-refractivity contribution in [2.75, 3.05) is 0 Å². The van der Waals surface area contributed by atoms with E-state index in [0.717, 1.165) is 25.1 Å². The van der Waals surface area contributed by atoms with Gasteiger partial charge in [0.05, 0.1) is 18.1 Å². The van der Waals surface area contributed by atoms with Crippen LogP contribution in [0.15, 0.2) is 6.33 Å². The molecule has 1 heterocycles. The van der Waals surface area contributed by atoms with Gasteiger partial charge in [-0.2, -0.15) is 5.26 Å². The summed E-state index contributed by atoms with van der Waals surface area (Å²) in [6.07, 6.45) is 8.88. The van der Waals surface area contributed by atoms with Crippen molar-refractivity contribution >= 4 is 0 Å². The first kappa shape index (κ1) is 13.6. The summed E-state index contributed by atoms with van der Waals surface area (Å²) < 4.78 is 2.23. The van der Waals surface area contributed by atoms with Gasteiger partial charge in [0.15, 0.2) is 0 Å². The van der Waals surface area contributed by atoms with Gasteiger partial charge in [0.2, 0.25) is 0 Å². The molecule has 2 fully saturated rings. The van der Waals surface area contributed by atoms with Crippen LogP contribution in [0.3, 0.4) is 0 Å².